The molecule has 6 nitrogen and oxygen atoms in total. The number of amides is 1. The molecule has 0 spiro atoms. The smallest absolute Gasteiger partial charge is 0.276 e. The normalized spacial score (nSPS) is 18.1. The van der Waals surface area contributed by atoms with E-state index in [0.29, 0.717) is 19.6 Å². The van der Waals surface area contributed by atoms with E-state index in [1.165, 1.54) is 12.3 Å². The molecule has 1 aliphatic rings. The summed E-state index contributed by atoms with van der Waals surface area (Å²) in [5, 5.41) is 9.83. The lowest BCUT2D eigenvalue weighted by molar-refractivity contribution is 0.0664. The number of hydrogen-bond donors (Lipinski definition) is 1. The van der Waals surface area contributed by atoms with Gasteiger partial charge >= 0.3 is 0 Å². The van der Waals surface area contributed by atoms with Gasteiger partial charge in [-0.3, -0.25) is 4.79 Å². The Bertz CT molecular complexity index is 719. The molecule has 1 saturated heterocycles. The van der Waals surface area contributed by atoms with Crippen molar-refractivity contribution in [1.29, 1.82) is 0 Å². The number of rotatable bonds is 2. The van der Waals surface area contributed by atoms with Crippen molar-refractivity contribution >= 4 is 11.7 Å². The lowest BCUT2D eigenvalue weighted by atomic mass is 10.1. The topological polar surface area (TPSA) is 69.6 Å². The number of carbonyl (C=O) groups is 1. The van der Waals surface area contributed by atoms with E-state index in [9.17, 15) is 9.90 Å². The standard InChI is InChI=1S/C17H20N4O2/c1-12-5-3-7-15(19-12)20-9-10-21(13(2)11-20)17(23)16-14(22)6-4-8-18-16/h3-8,13,22H,9-11H2,1-2H3/t13-/m0/s1. The second-order valence-electron chi connectivity index (χ2n) is 5.80. The Labute approximate surface area is 135 Å². The molecule has 1 aliphatic heterocycles. The summed E-state index contributed by atoms with van der Waals surface area (Å²) in [6.45, 7) is 5.96. The summed E-state index contributed by atoms with van der Waals surface area (Å²) in [4.78, 5) is 25.1. The average Bonchev–Trinajstić information content (AvgIpc) is 2.54. The molecule has 120 valence electrons. The van der Waals surface area contributed by atoms with Crippen molar-refractivity contribution in [2.75, 3.05) is 24.5 Å². The highest BCUT2D eigenvalue weighted by molar-refractivity contribution is 5.95. The van der Waals surface area contributed by atoms with Crippen molar-refractivity contribution in [3.05, 3.63) is 47.9 Å². The average molecular weight is 312 g/mol. The van der Waals surface area contributed by atoms with E-state index < -0.39 is 0 Å². The van der Waals surface area contributed by atoms with Gasteiger partial charge in [0, 0.05) is 37.6 Å². The number of carbonyl (C=O) groups excluding carboxylic acids is 1. The van der Waals surface area contributed by atoms with Gasteiger partial charge in [-0.05, 0) is 38.1 Å². The van der Waals surface area contributed by atoms with Crippen LogP contribution in [-0.2, 0) is 0 Å². The SMILES string of the molecule is Cc1cccc(N2CCN(C(=O)c3ncccc3O)[C@@H](C)C2)n1. The first-order chi connectivity index (χ1) is 11.1. The van der Waals surface area contributed by atoms with Crippen LogP contribution in [0.5, 0.6) is 5.75 Å². The second kappa shape index (κ2) is 6.24. The van der Waals surface area contributed by atoms with Crippen LogP contribution in [0.15, 0.2) is 36.5 Å². The molecule has 23 heavy (non-hydrogen) atoms. The van der Waals surface area contributed by atoms with Gasteiger partial charge in [-0.25, -0.2) is 9.97 Å². The first-order valence-electron chi connectivity index (χ1n) is 7.70. The summed E-state index contributed by atoms with van der Waals surface area (Å²) in [7, 11) is 0. The Morgan fingerprint density at radius 3 is 2.78 bits per heavy atom. The van der Waals surface area contributed by atoms with Crippen molar-refractivity contribution in [3.63, 3.8) is 0 Å². The fourth-order valence-electron chi connectivity index (χ4n) is 2.87. The van der Waals surface area contributed by atoms with Crippen molar-refractivity contribution in [1.82, 2.24) is 14.9 Å². The van der Waals surface area contributed by atoms with Crippen LogP contribution in [0.3, 0.4) is 0 Å². The van der Waals surface area contributed by atoms with Gasteiger partial charge in [0.1, 0.15) is 11.6 Å². The summed E-state index contributed by atoms with van der Waals surface area (Å²) < 4.78 is 0. The Balaban J connectivity index is 1.74. The highest BCUT2D eigenvalue weighted by Gasteiger charge is 2.30. The number of piperazine rings is 1. The highest BCUT2D eigenvalue weighted by atomic mass is 16.3. The third-order valence-corrected chi connectivity index (χ3v) is 4.07. The zero-order valence-corrected chi connectivity index (χ0v) is 13.3. The number of aromatic hydroxyl groups is 1. The molecule has 3 heterocycles. The Morgan fingerprint density at radius 2 is 2.09 bits per heavy atom. The van der Waals surface area contributed by atoms with E-state index in [1.807, 2.05) is 32.0 Å². The molecule has 0 unspecified atom stereocenters. The maximum Gasteiger partial charge on any atom is 0.276 e. The summed E-state index contributed by atoms with van der Waals surface area (Å²) in [6, 6.07) is 9.05. The highest BCUT2D eigenvalue weighted by Crippen LogP contribution is 2.21. The lowest BCUT2D eigenvalue weighted by Gasteiger charge is -2.40. The maximum absolute atomic E-state index is 12.6. The molecule has 6 heteroatoms. The van der Waals surface area contributed by atoms with Crippen LogP contribution in [0.1, 0.15) is 23.1 Å². The molecule has 1 atom stereocenters. The quantitative estimate of drug-likeness (QED) is 0.916. The third kappa shape index (κ3) is 3.11. The fraction of sp³-hybridized carbons (Fsp3) is 0.353. The Kier molecular flexibility index (Phi) is 4.14. The molecule has 0 saturated carbocycles. The summed E-state index contributed by atoms with van der Waals surface area (Å²) in [5.41, 5.74) is 1.09. The molecule has 0 bridgehead atoms. The monoisotopic (exact) mass is 312 g/mol. The van der Waals surface area contributed by atoms with E-state index in [4.69, 9.17) is 0 Å². The number of nitrogens with zero attached hydrogens (tertiary/aromatic N) is 4. The number of anilines is 1. The minimum atomic E-state index is -0.229. The minimum Gasteiger partial charge on any atom is -0.505 e. The van der Waals surface area contributed by atoms with Gasteiger partial charge in [-0.1, -0.05) is 6.07 Å². The van der Waals surface area contributed by atoms with E-state index >= 15 is 0 Å². The molecule has 1 fully saturated rings. The number of aryl methyl sites for hydroxylation is 1. The van der Waals surface area contributed by atoms with Gasteiger partial charge < -0.3 is 14.9 Å². The van der Waals surface area contributed by atoms with Crippen LogP contribution in [-0.4, -0.2) is 51.6 Å². The van der Waals surface area contributed by atoms with Crippen LogP contribution >= 0.6 is 0 Å². The van der Waals surface area contributed by atoms with E-state index in [-0.39, 0.29) is 23.4 Å². The van der Waals surface area contributed by atoms with Crippen LogP contribution in [0.25, 0.3) is 0 Å². The molecule has 2 aromatic heterocycles. The fourth-order valence-corrected chi connectivity index (χ4v) is 2.87. The van der Waals surface area contributed by atoms with Gasteiger partial charge in [0.25, 0.3) is 5.91 Å². The Morgan fingerprint density at radius 1 is 1.26 bits per heavy atom. The van der Waals surface area contributed by atoms with Gasteiger partial charge in [-0.15, -0.1) is 0 Å². The molecule has 0 aliphatic carbocycles. The molecule has 3 rings (SSSR count). The molecular weight excluding hydrogens is 292 g/mol. The van der Waals surface area contributed by atoms with Crippen LogP contribution < -0.4 is 4.90 Å². The van der Waals surface area contributed by atoms with Crippen molar-refractivity contribution in [2.24, 2.45) is 0 Å². The summed E-state index contributed by atoms with van der Waals surface area (Å²) >= 11 is 0. The zero-order valence-electron chi connectivity index (χ0n) is 13.3. The van der Waals surface area contributed by atoms with Gasteiger partial charge in [0.15, 0.2) is 5.69 Å². The number of hydrogen-bond acceptors (Lipinski definition) is 5. The van der Waals surface area contributed by atoms with Gasteiger partial charge in [0.05, 0.1) is 0 Å². The maximum atomic E-state index is 12.6. The largest absolute Gasteiger partial charge is 0.505 e. The van der Waals surface area contributed by atoms with Crippen molar-refractivity contribution < 1.29 is 9.90 Å². The van der Waals surface area contributed by atoms with Crippen LogP contribution in [0.2, 0.25) is 0 Å². The van der Waals surface area contributed by atoms with Gasteiger partial charge in [0.2, 0.25) is 0 Å². The zero-order chi connectivity index (χ0) is 16.4. The number of pyridine rings is 2. The first-order valence-corrected chi connectivity index (χ1v) is 7.70. The lowest BCUT2D eigenvalue weighted by Crippen LogP contribution is -2.54. The minimum absolute atomic E-state index is 0.0139. The van der Waals surface area contributed by atoms with Crippen molar-refractivity contribution in [3.8, 4) is 5.75 Å². The first kappa shape index (κ1) is 15.3. The van der Waals surface area contributed by atoms with E-state index in [2.05, 4.69) is 14.9 Å². The Hall–Kier alpha value is -2.63. The summed E-state index contributed by atoms with van der Waals surface area (Å²) in [6.07, 6.45) is 1.52. The van der Waals surface area contributed by atoms with E-state index in [0.717, 1.165) is 11.5 Å². The molecule has 0 radical (unpaired) electrons. The predicted octanol–water partition coefficient (Wildman–Crippen LogP) is 1.84. The molecule has 2 aromatic rings. The van der Waals surface area contributed by atoms with Gasteiger partial charge in [-0.2, -0.15) is 0 Å². The van der Waals surface area contributed by atoms with Crippen molar-refractivity contribution in [2.45, 2.75) is 19.9 Å². The molecular formula is C17H20N4O2. The second-order valence-corrected chi connectivity index (χ2v) is 5.80. The number of aromatic nitrogens is 2. The summed E-state index contributed by atoms with van der Waals surface area (Å²) in [5.74, 6) is 0.629. The molecule has 1 N–H and O–H groups in total. The van der Waals surface area contributed by atoms with Crippen LogP contribution in [0, 0.1) is 6.92 Å². The van der Waals surface area contributed by atoms with E-state index in [1.54, 1.807) is 11.0 Å². The molecule has 1 amide bonds. The van der Waals surface area contributed by atoms with Crippen LogP contribution in [0.4, 0.5) is 5.82 Å². The third-order valence-electron chi connectivity index (χ3n) is 4.07. The molecule has 0 aromatic carbocycles. The predicted molar refractivity (Wildman–Crippen MR) is 87.6 cm³/mol.